The molecule has 6 heteroatoms. The van der Waals surface area contributed by atoms with E-state index in [1.165, 1.54) is 11.0 Å². The van der Waals surface area contributed by atoms with Gasteiger partial charge in [-0.2, -0.15) is 5.10 Å². The smallest absolute Gasteiger partial charge is 0.330 e. The molecule has 0 saturated carbocycles. The molecule has 0 radical (unpaired) electrons. The molecule has 0 N–H and O–H groups in total. The fourth-order valence-corrected chi connectivity index (χ4v) is 1.09. The van der Waals surface area contributed by atoms with E-state index in [2.05, 4.69) is 10.1 Å². The van der Waals surface area contributed by atoms with Crippen LogP contribution < -0.4 is 0 Å². The summed E-state index contributed by atoms with van der Waals surface area (Å²) in [7, 11) is 0. The molecule has 72 valence electrons. The number of halogens is 1. The van der Waals surface area contributed by atoms with Crippen LogP contribution in [0.2, 0.25) is 5.28 Å². The van der Waals surface area contributed by atoms with E-state index in [0.29, 0.717) is 6.61 Å². The molecule has 1 atom stereocenters. The minimum Gasteiger partial charge on any atom is -0.464 e. The summed E-state index contributed by atoms with van der Waals surface area (Å²) >= 11 is 5.66. The first-order chi connectivity index (χ1) is 6.16. The van der Waals surface area contributed by atoms with Crippen molar-refractivity contribution >= 4 is 17.6 Å². The first-order valence-electron chi connectivity index (χ1n) is 3.88. The summed E-state index contributed by atoms with van der Waals surface area (Å²) in [5, 5.41) is 3.97. The first kappa shape index (κ1) is 9.98. The standard InChI is InChI=1S/C7H10ClN3O2/c1-3-13-6(12)5(2)11-7(8)9-4-10-11/h4-5H,3H2,1-2H3. The molecule has 0 saturated heterocycles. The maximum absolute atomic E-state index is 11.2. The van der Waals surface area contributed by atoms with Gasteiger partial charge in [0.2, 0.25) is 5.28 Å². The number of aromatic nitrogens is 3. The molecule has 0 aliphatic rings. The highest BCUT2D eigenvalue weighted by Crippen LogP contribution is 2.12. The zero-order valence-electron chi connectivity index (χ0n) is 7.40. The Balaban J connectivity index is 2.73. The van der Waals surface area contributed by atoms with E-state index in [0.717, 1.165) is 0 Å². The summed E-state index contributed by atoms with van der Waals surface area (Å²) < 4.78 is 6.10. The van der Waals surface area contributed by atoms with Gasteiger partial charge in [-0.3, -0.25) is 0 Å². The van der Waals surface area contributed by atoms with Gasteiger partial charge in [0.1, 0.15) is 12.4 Å². The molecule has 1 aromatic rings. The lowest BCUT2D eigenvalue weighted by atomic mass is 10.3. The molecule has 5 nitrogen and oxygen atoms in total. The van der Waals surface area contributed by atoms with Crippen molar-refractivity contribution in [1.29, 1.82) is 0 Å². The van der Waals surface area contributed by atoms with Crippen LogP contribution in [0, 0.1) is 0 Å². The number of carbonyl (C=O) groups is 1. The lowest BCUT2D eigenvalue weighted by molar-refractivity contribution is -0.146. The van der Waals surface area contributed by atoms with Crippen molar-refractivity contribution in [2.45, 2.75) is 19.9 Å². The second kappa shape index (κ2) is 4.23. The molecule has 0 fully saturated rings. The van der Waals surface area contributed by atoms with Crippen LogP contribution in [-0.2, 0) is 9.53 Å². The van der Waals surface area contributed by atoms with Gasteiger partial charge in [-0.05, 0) is 25.4 Å². The minimum absolute atomic E-state index is 0.181. The van der Waals surface area contributed by atoms with Gasteiger partial charge in [0.05, 0.1) is 6.61 Å². The highest BCUT2D eigenvalue weighted by atomic mass is 35.5. The Labute approximate surface area is 80.7 Å². The lowest BCUT2D eigenvalue weighted by Gasteiger charge is -2.10. The van der Waals surface area contributed by atoms with Gasteiger partial charge in [-0.25, -0.2) is 14.5 Å². The Kier molecular flexibility index (Phi) is 3.25. The van der Waals surface area contributed by atoms with Crippen LogP contribution in [-0.4, -0.2) is 27.3 Å². The zero-order chi connectivity index (χ0) is 9.84. The van der Waals surface area contributed by atoms with E-state index in [9.17, 15) is 4.79 Å². The Morgan fingerprint density at radius 2 is 2.54 bits per heavy atom. The Morgan fingerprint density at radius 3 is 3.00 bits per heavy atom. The average Bonchev–Trinajstić information content (AvgIpc) is 2.50. The van der Waals surface area contributed by atoms with Crippen LogP contribution in [0.4, 0.5) is 0 Å². The van der Waals surface area contributed by atoms with Crippen LogP contribution in [0.25, 0.3) is 0 Å². The van der Waals surface area contributed by atoms with E-state index in [1.54, 1.807) is 13.8 Å². The summed E-state index contributed by atoms with van der Waals surface area (Å²) in [5.41, 5.74) is 0. The highest BCUT2D eigenvalue weighted by molar-refractivity contribution is 6.28. The summed E-state index contributed by atoms with van der Waals surface area (Å²) in [5.74, 6) is -0.366. The first-order valence-corrected chi connectivity index (χ1v) is 4.26. The number of nitrogens with zero attached hydrogens (tertiary/aromatic N) is 3. The van der Waals surface area contributed by atoms with E-state index in [-0.39, 0.29) is 11.3 Å². The SMILES string of the molecule is CCOC(=O)C(C)n1ncnc1Cl. The fourth-order valence-electron chi connectivity index (χ4n) is 0.858. The number of esters is 1. The van der Waals surface area contributed by atoms with E-state index >= 15 is 0 Å². The van der Waals surface area contributed by atoms with Crippen LogP contribution in [0.5, 0.6) is 0 Å². The van der Waals surface area contributed by atoms with Gasteiger partial charge in [-0.1, -0.05) is 0 Å². The molecular weight excluding hydrogens is 194 g/mol. The predicted molar refractivity (Wildman–Crippen MR) is 46.4 cm³/mol. The molecule has 13 heavy (non-hydrogen) atoms. The largest absolute Gasteiger partial charge is 0.464 e. The number of hydrogen-bond acceptors (Lipinski definition) is 4. The maximum atomic E-state index is 11.2. The van der Waals surface area contributed by atoms with Crippen LogP contribution >= 0.6 is 11.6 Å². The van der Waals surface area contributed by atoms with Gasteiger partial charge < -0.3 is 4.74 Å². The Morgan fingerprint density at radius 1 is 1.85 bits per heavy atom. The summed E-state index contributed by atoms with van der Waals surface area (Å²) in [6, 6.07) is -0.532. The van der Waals surface area contributed by atoms with E-state index in [4.69, 9.17) is 16.3 Å². The maximum Gasteiger partial charge on any atom is 0.330 e. The van der Waals surface area contributed by atoms with Crippen molar-refractivity contribution in [1.82, 2.24) is 14.8 Å². The fraction of sp³-hybridized carbons (Fsp3) is 0.571. The minimum atomic E-state index is -0.532. The molecule has 0 aliphatic heterocycles. The van der Waals surface area contributed by atoms with E-state index < -0.39 is 6.04 Å². The average molecular weight is 204 g/mol. The topological polar surface area (TPSA) is 57.0 Å². The summed E-state index contributed by atoms with van der Waals surface area (Å²) in [4.78, 5) is 14.9. The number of ether oxygens (including phenoxy) is 1. The highest BCUT2D eigenvalue weighted by Gasteiger charge is 2.18. The van der Waals surface area contributed by atoms with Crippen LogP contribution in [0.15, 0.2) is 6.33 Å². The second-order valence-corrected chi connectivity index (χ2v) is 2.74. The van der Waals surface area contributed by atoms with Crippen molar-refractivity contribution < 1.29 is 9.53 Å². The molecule has 0 bridgehead atoms. The van der Waals surface area contributed by atoms with Gasteiger partial charge in [-0.15, -0.1) is 0 Å². The van der Waals surface area contributed by atoms with Gasteiger partial charge in [0.15, 0.2) is 0 Å². The van der Waals surface area contributed by atoms with Crippen molar-refractivity contribution in [3.8, 4) is 0 Å². The van der Waals surface area contributed by atoms with Crippen molar-refractivity contribution in [2.75, 3.05) is 6.61 Å². The lowest BCUT2D eigenvalue weighted by Crippen LogP contribution is -2.20. The third-order valence-corrected chi connectivity index (χ3v) is 1.79. The van der Waals surface area contributed by atoms with Gasteiger partial charge in [0, 0.05) is 0 Å². The normalized spacial score (nSPS) is 12.5. The Bertz CT molecular complexity index is 300. The number of carbonyl (C=O) groups excluding carboxylic acids is 1. The molecule has 0 amide bonds. The van der Waals surface area contributed by atoms with Crippen molar-refractivity contribution in [3.05, 3.63) is 11.6 Å². The molecule has 0 spiro atoms. The third kappa shape index (κ3) is 2.18. The molecular formula is C7H10ClN3O2. The number of hydrogen-bond donors (Lipinski definition) is 0. The Hall–Kier alpha value is -1.10. The quantitative estimate of drug-likeness (QED) is 0.690. The molecule has 0 aromatic carbocycles. The molecule has 1 rings (SSSR count). The molecule has 1 aromatic heterocycles. The van der Waals surface area contributed by atoms with Crippen molar-refractivity contribution in [2.24, 2.45) is 0 Å². The summed E-state index contributed by atoms with van der Waals surface area (Å²) in [6.45, 7) is 3.74. The molecule has 0 aliphatic carbocycles. The molecule has 1 unspecified atom stereocenters. The monoisotopic (exact) mass is 203 g/mol. The summed E-state index contributed by atoms with van der Waals surface area (Å²) in [6.07, 6.45) is 1.29. The second-order valence-electron chi connectivity index (χ2n) is 2.40. The van der Waals surface area contributed by atoms with Crippen molar-refractivity contribution in [3.63, 3.8) is 0 Å². The van der Waals surface area contributed by atoms with E-state index in [1.807, 2.05) is 0 Å². The van der Waals surface area contributed by atoms with Crippen LogP contribution in [0.1, 0.15) is 19.9 Å². The number of rotatable bonds is 3. The van der Waals surface area contributed by atoms with Gasteiger partial charge in [0.25, 0.3) is 0 Å². The van der Waals surface area contributed by atoms with Crippen LogP contribution in [0.3, 0.4) is 0 Å². The zero-order valence-corrected chi connectivity index (χ0v) is 8.15. The molecule has 1 heterocycles. The predicted octanol–water partition coefficient (Wildman–Crippen LogP) is 1.06. The third-order valence-electron chi connectivity index (χ3n) is 1.52. The van der Waals surface area contributed by atoms with Gasteiger partial charge >= 0.3 is 5.97 Å².